The fraction of sp³-hybridized carbons (Fsp3) is 0.200. The van der Waals surface area contributed by atoms with Crippen LogP contribution in [0.25, 0.3) is 0 Å². The maximum atomic E-state index is 13.0. The first-order valence-corrected chi connectivity index (χ1v) is 9.58. The molecule has 0 unspecified atom stereocenters. The molecule has 0 fully saturated rings. The molecule has 0 aliphatic carbocycles. The fourth-order valence-corrected chi connectivity index (χ4v) is 3.23. The summed E-state index contributed by atoms with van der Waals surface area (Å²) in [6.45, 7) is 4.68. The van der Waals surface area contributed by atoms with Gasteiger partial charge in [0.2, 0.25) is 0 Å². The number of nitrogens with zero attached hydrogens (tertiary/aromatic N) is 6. The highest BCUT2D eigenvalue weighted by molar-refractivity contribution is 6.33. The first-order chi connectivity index (χ1) is 14.4. The van der Waals surface area contributed by atoms with Crippen LogP contribution in [-0.2, 0) is 13.2 Å². The number of hydrogen-bond acceptors (Lipinski definition) is 4. The lowest BCUT2D eigenvalue weighted by Gasteiger charge is -2.04. The second-order valence-corrected chi connectivity index (χ2v) is 7.32. The Hall–Kier alpha value is -3.46. The van der Waals surface area contributed by atoms with Crippen molar-refractivity contribution in [3.8, 4) is 0 Å². The zero-order valence-corrected chi connectivity index (χ0v) is 17.1. The Bertz CT molecular complexity index is 1190. The zero-order chi connectivity index (χ0) is 21.3. The van der Waals surface area contributed by atoms with Crippen LogP contribution in [0.2, 0.25) is 5.02 Å². The SMILES string of the molecule is Cc1cc(C)n(Cn2ccc(C(=O)Nc3nn(Cc4ccc(F)cc4)cc3Cl)n2)n1. The summed E-state index contributed by atoms with van der Waals surface area (Å²) in [5.41, 5.74) is 3.02. The van der Waals surface area contributed by atoms with E-state index in [2.05, 4.69) is 20.6 Å². The van der Waals surface area contributed by atoms with Crippen LogP contribution >= 0.6 is 11.6 Å². The van der Waals surface area contributed by atoms with Crippen LogP contribution in [0.5, 0.6) is 0 Å². The van der Waals surface area contributed by atoms with Crippen molar-refractivity contribution in [2.75, 3.05) is 5.32 Å². The number of hydrogen-bond donors (Lipinski definition) is 1. The van der Waals surface area contributed by atoms with Crippen molar-refractivity contribution in [2.24, 2.45) is 0 Å². The smallest absolute Gasteiger partial charge is 0.277 e. The monoisotopic (exact) mass is 427 g/mol. The van der Waals surface area contributed by atoms with Gasteiger partial charge in [0, 0.05) is 18.1 Å². The minimum atomic E-state index is -0.420. The maximum Gasteiger partial charge on any atom is 0.277 e. The van der Waals surface area contributed by atoms with Crippen LogP contribution < -0.4 is 5.32 Å². The predicted molar refractivity (Wildman–Crippen MR) is 110 cm³/mol. The number of rotatable bonds is 6. The van der Waals surface area contributed by atoms with Crippen LogP contribution in [0.15, 0.2) is 48.8 Å². The summed E-state index contributed by atoms with van der Waals surface area (Å²) < 4.78 is 18.0. The molecule has 3 aromatic heterocycles. The summed E-state index contributed by atoms with van der Waals surface area (Å²) in [5.74, 6) is -0.490. The van der Waals surface area contributed by atoms with E-state index in [9.17, 15) is 9.18 Å². The van der Waals surface area contributed by atoms with Crippen molar-refractivity contribution in [3.05, 3.63) is 82.3 Å². The molecule has 0 bridgehead atoms. The molecule has 0 aliphatic heterocycles. The quantitative estimate of drug-likeness (QED) is 0.510. The average Bonchev–Trinajstić information content (AvgIpc) is 3.38. The highest BCUT2D eigenvalue weighted by Crippen LogP contribution is 2.20. The van der Waals surface area contributed by atoms with Gasteiger partial charge in [0.1, 0.15) is 17.5 Å². The van der Waals surface area contributed by atoms with Gasteiger partial charge >= 0.3 is 0 Å². The van der Waals surface area contributed by atoms with Crippen LogP contribution in [0.3, 0.4) is 0 Å². The molecule has 4 aromatic rings. The molecule has 0 spiro atoms. The molecule has 8 nitrogen and oxygen atoms in total. The molecule has 0 saturated heterocycles. The van der Waals surface area contributed by atoms with Gasteiger partial charge in [0.25, 0.3) is 5.91 Å². The van der Waals surface area contributed by atoms with E-state index in [1.807, 2.05) is 19.9 Å². The van der Waals surface area contributed by atoms with Gasteiger partial charge in [0.15, 0.2) is 11.5 Å². The summed E-state index contributed by atoms with van der Waals surface area (Å²) >= 11 is 6.20. The second-order valence-electron chi connectivity index (χ2n) is 6.91. The second kappa shape index (κ2) is 8.11. The molecule has 0 atom stereocenters. The molecule has 154 valence electrons. The predicted octanol–water partition coefficient (Wildman–Crippen LogP) is 3.49. The molecule has 1 N–H and O–H groups in total. The summed E-state index contributed by atoms with van der Waals surface area (Å²) in [5, 5.41) is 15.9. The molecule has 3 heterocycles. The number of aryl methyl sites for hydroxylation is 2. The molecule has 1 aromatic carbocycles. The zero-order valence-electron chi connectivity index (χ0n) is 16.4. The lowest BCUT2D eigenvalue weighted by atomic mass is 10.2. The number of benzene rings is 1. The molecule has 1 amide bonds. The van der Waals surface area contributed by atoms with Gasteiger partial charge in [-0.3, -0.25) is 14.2 Å². The Morgan fingerprint density at radius 2 is 1.87 bits per heavy atom. The summed E-state index contributed by atoms with van der Waals surface area (Å²) in [7, 11) is 0. The molecule has 10 heteroatoms. The Morgan fingerprint density at radius 3 is 2.57 bits per heavy atom. The molecule has 0 saturated carbocycles. The van der Waals surface area contributed by atoms with E-state index >= 15 is 0 Å². The van der Waals surface area contributed by atoms with Gasteiger partial charge in [-0.1, -0.05) is 23.7 Å². The summed E-state index contributed by atoms with van der Waals surface area (Å²) in [6, 6.07) is 9.68. The Morgan fingerprint density at radius 1 is 1.10 bits per heavy atom. The van der Waals surface area contributed by atoms with Gasteiger partial charge in [-0.05, 0) is 43.7 Å². The van der Waals surface area contributed by atoms with Crippen LogP contribution in [0.4, 0.5) is 10.2 Å². The first kappa shape index (κ1) is 19.8. The minimum absolute atomic E-state index is 0.233. The Labute approximate surface area is 176 Å². The van der Waals surface area contributed by atoms with E-state index in [-0.39, 0.29) is 17.3 Å². The van der Waals surface area contributed by atoms with Crippen molar-refractivity contribution in [1.82, 2.24) is 29.3 Å². The van der Waals surface area contributed by atoms with Gasteiger partial charge < -0.3 is 5.32 Å². The van der Waals surface area contributed by atoms with Crippen molar-refractivity contribution in [2.45, 2.75) is 27.1 Å². The third kappa shape index (κ3) is 4.41. The van der Waals surface area contributed by atoms with E-state index in [1.54, 1.807) is 44.6 Å². The van der Waals surface area contributed by atoms with Gasteiger partial charge in [-0.25, -0.2) is 9.07 Å². The summed E-state index contributed by atoms with van der Waals surface area (Å²) in [6.07, 6.45) is 3.31. The number of aromatic nitrogens is 6. The molecular weight excluding hydrogens is 409 g/mol. The third-order valence-electron chi connectivity index (χ3n) is 4.46. The van der Waals surface area contributed by atoms with Crippen molar-refractivity contribution < 1.29 is 9.18 Å². The van der Waals surface area contributed by atoms with Gasteiger partial charge in [-0.2, -0.15) is 15.3 Å². The highest BCUT2D eigenvalue weighted by Gasteiger charge is 2.15. The number of nitrogens with one attached hydrogen (secondary N) is 1. The number of anilines is 1. The van der Waals surface area contributed by atoms with E-state index in [0.717, 1.165) is 17.0 Å². The van der Waals surface area contributed by atoms with Gasteiger partial charge in [0.05, 0.1) is 12.2 Å². The molecular formula is C20H19ClFN7O. The summed E-state index contributed by atoms with van der Waals surface area (Å²) in [4.78, 5) is 12.5. The fourth-order valence-electron chi connectivity index (χ4n) is 3.03. The van der Waals surface area contributed by atoms with E-state index in [1.165, 1.54) is 12.1 Å². The van der Waals surface area contributed by atoms with Crippen molar-refractivity contribution in [3.63, 3.8) is 0 Å². The Balaban J connectivity index is 1.42. The molecule has 4 rings (SSSR count). The minimum Gasteiger partial charge on any atom is -0.302 e. The number of amides is 1. The van der Waals surface area contributed by atoms with Crippen LogP contribution in [0.1, 0.15) is 27.4 Å². The van der Waals surface area contributed by atoms with E-state index in [4.69, 9.17) is 11.6 Å². The van der Waals surface area contributed by atoms with Crippen LogP contribution in [-0.4, -0.2) is 35.2 Å². The highest BCUT2D eigenvalue weighted by atomic mass is 35.5. The molecule has 0 radical (unpaired) electrons. The normalized spacial score (nSPS) is 11.1. The Kier molecular flexibility index (Phi) is 5.37. The van der Waals surface area contributed by atoms with Crippen molar-refractivity contribution in [1.29, 1.82) is 0 Å². The largest absolute Gasteiger partial charge is 0.302 e. The number of carbonyl (C=O) groups is 1. The standard InChI is InChI=1S/C20H19ClFN7O/c1-13-9-14(2)29(24-13)12-27-8-7-18(25-27)20(30)23-19-17(21)11-28(26-19)10-15-3-5-16(22)6-4-15/h3-9,11H,10,12H2,1-2H3,(H,23,26,30). The van der Waals surface area contributed by atoms with E-state index in [0.29, 0.717) is 18.2 Å². The van der Waals surface area contributed by atoms with E-state index < -0.39 is 5.91 Å². The molecule has 30 heavy (non-hydrogen) atoms. The van der Waals surface area contributed by atoms with Crippen molar-refractivity contribution >= 4 is 23.3 Å². The molecule has 0 aliphatic rings. The third-order valence-corrected chi connectivity index (χ3v) is 4.74. The van der Waals surface area contributed by atoms with Gasteiger partial charge in [-0.15, -0.1) is 0 Å². The average molecular weight is 428 g/mol. The van der Waals surface area contributed by atoms with Crippen LogP contribution in [0, 0.1) is 19.7 Å². The number of carbonyl (C=O) groups excluding carboxylic acids is 1. The first-order valence-electron chi connectivity index (χ1n) is 9.20. The lowest BCUT2D eigenvalue weighted by molar-refractivity contribution is 0.102. The lowest BCUT2D eigenvalue weighted by Crippen LogP contribution is -2.16. The topological polar surface area (TPSA) is 82.6 Å². The maximum absolute atomic E-state index is 13.0. The number of halogens is 2.